The lowest BCUT2D eigenvalue weighted by Crippen LogP contribution is -2.35. The first kappa shape index (κ1) is 20.7. The number of imidazole rings is 1. The first-order valence-electron chi connectivity index (χ1n) is 10.9. The number of aryl methyl sites for hydroxylation is 1. The molecule has 9 nitrogen and oxygen atoms in total. The van der Waals surface area contributed by atoms with Crippen LogP contribution in [0.25, 0.3) is 22.3 Å². The Labute approximate surface area is 190 Å². The van der Waals surface area contributed by atoms with Crippen LogP contribution in [0.1, 0.15) is 29.6 Å². The standard InChI is InChI=1S/C24H23N7O2/c1-30-15-27-20(22-25-10-7-11-26-22)23(30)29-28-18-14-16-8-3-4-9-17(16)19(21(18)32)24(33)31-12-5-2-6-13-31/h3-4,7-11,14-15,32H,2,5-6,12-13H2,1H3/b29-28+. The fraction of sp³-hybridized carbons (Fsp3) is 0.250. The molecule has 1 amide bonds. The van der Waals surface area contributed by atoms with Gasteiger partial charge < -0.3 is 14.6 Å². The van der Waals surface area contributed by atoms with Crippen molar-refractivity contribution in [1.82, 2.24) is 24.4 Å². The van der Waals surface area contributed by atoms with Gasteiger partial charge in [-0.3, -0.25) is 4.79 Å². The molecule has 0 bridgehead atoms. The highest BCUT2D eigenvalue weighted by molar-refractivity contribution is 6.11. The predicted octanol–water partition coefficient (Wildman–Crippen LogP) is 4.78. The number of benzene rings is 2. The van der Waals surface area contributed by atoms with Gasteiger partial charge in [0.2, 0.25) is 0 Å². The lowest BCUT2D eigenvalue weighted by molar-refractivity contribution is 0.0723. The molecule has 9 heteroatoms. The van der Waals surface area contributed by atoms with E-state index in [0.717, 1.165) is 24.6 Å². The molecule has 2 aromatic heterocycles. The Bertz CT molecular complexity index is 1340. The lowest BCUT2D eigenvalue weighted by atomic mass is 10.00. The summed E-state index contributed by atoms with van der Waals surface area (Å²) in [4.78, 5) is 28.0. The molecule has 4 aromatic rings. The van der Waals surface area contributed by atoms with Crippen molar-refractivity contribution in [1.29, 1.82) is 0 Å². The monoisotopic (exact) mass is 441 g/mol. The lowest BCUT2D eigenvalue weighted by Gasteiger charge is -2.27. The second-order valence-corrected chi connectivity index (χ2v) is 7.99. The maximum atomic E-state index is 13.4. The fourth-order valence-corrected chi connectivity index (χ4v) is 4.09. The predicted molar refractivity (Wildman–Crippen MR) is 124 cm³/mol. The second-order valence-electron chi connectivity index (χ2n) is 7.99. The zero-order valence-electron chi connectivity index (χ0n) is 18.2. The van der Waals surface area contributed by atoms with Crippen molar-refractivity contribution in [3.8, 4) is 17.3 Å². The van der Waals surface area contributed by atoms with Crippen molar-refractivity contribution < 1.29 is 9.90 Å². The number of aromatic nitrogens is 4. The molecule has 0 saturated carbocycles. The van der Waals surface area contributed by atoms with Crippen LogP contribution in [0, 0.1) is 0 Å². The Morgan fingerprint density at radius 3 is 2.55 bits per heavy atom. The quantitative estimate of drug-likeness (QED) is 0.459. The molecule has 0 radical (unpaired) electrons. The van der Waals surface area contributed by atoms with E-state index in [1.165, 1.54) is 0 Å². The molecule has 0 atom stereocenters. The number of rotatable bonds is 4. The number of piperidine rings is 1. The molecule has 1 aliphatic rings. The van der Waals surface area contributed by atoms with Crippen LogP contribution in [0.3, 0.4) is 0 Å². The maximum absolute atomic E-state index is 13.4. The van der Waals surface area contributed by atoms with Crippen molar-refractivity contribution >= 4 is 28.2 Å². The molecule has 0 aliphatic carbocycles. The number of phenols is 1. The van der Waals surface area contributed by atoms with Crippen molar-refractivity contribution in [3.05, 3.63) is 60.7 Å². The molecule has 1 aliphatic heterocycles. The maximum Gasteiger partial charge on any atom is 0.258 e. The Hall–Kier alpha value is -4.14. The number of likely N-dealkylation sites (tertiary alicyclic amines) is 1. The number of fused-ring (bicyclic) bond motifs is 1. The van der Waals surface area contributed by atoms with E-state index in [9.17, 15) is 9.90 Å². The summed E-state index contributed by atoms with van der Waals surface area (Å²) in [5.41, 5.74) is 0.961. The summed E-state index contributed by atoms with van der Waals surface area (Å²) in [7, 11) is 1.79. The van der Waals surface area contributed by atoms with E-state index in [1.54, 1.807) is 47.4 Å². The zero-order valence-corrected chi connectivity index (χ0v) is 18.2. The number of hydrogen-bond donors (Lipinski definition) is 1. The molecular weight excluding hydrogens is 418 g/mol. The third-order valence-corrected chi connectivity index (χ3v) is 5.79. The average molecular weight is 441 g/mol. The van der Waals surface area contributed by atoms with E-state index in [2.05, 4.69) is 25.2 Å². The van der Waals surface area contributed by atoms with Gasteiger partial charge in [-0.25, -0.2) is 15.0 Å². The summed E-state index contributed by atoms with van der Waals surface area (Å²) in [6.45, 7) is 1.38. The van der Waals surface area contributed by atoms with E-state index in [0.29, 0.717) is 35.8 Å². The topological polar surface area (TPSA) is 109 Å². The fourth-order valence-electron chi connectivity index (χ4n) is 4.09. The first-order valence-corrected chi connectivity index (χ1v) is 10.9. The van der Waals surface area contributed by atoms with E-state index in [-0.39, 0.29) is 22.9 Å². The molecule has 2 aromatic carbocycles. The van der Waals surface area contributed by atoms with Crippen LogP contribution >= 0.6 is 0 Å². The number of carbonyl (C=O) groups is 1. The number of aromatic hydroxyl groups is 1. The molecule has 0 spiro atoms. The Morgan fingerprint density at radius 2 is 1.76 bits per heavy atom. The normalized spacial score (nSPS) is 14.3. The molecule has 3 heterocycles. The van der Waals surface area contributed by atoms with Crippen molar-refractivity contribution in [2.45, 2.75) is 19.3 Å². The number of hydrogen-bond acceptors (Lipinski definition) is 7. The van der Waals surface area contributed by atoms with Gasteiger partial charge in [0.25, 0.3) is 5.91 Å². The van der Waals surface area contributed by atoms with Gasteiger partial charge in [0.1, 0.15) is 5.69 Å². The smallest absolute Gasteiger partial charge is 0.258 e. The largest absolute Gasteiger partial charge is 0.505 e. The SMILES string of the molecule is Cn1cnc(-c2ncccn2)c1/N=N/c1cc2ccccc2c(C(=O)N2CCCCC2)c1O. The molecule has 33 heavy (non-hydrogen) atoms. The molecule has 1 saturated heterocycles. The minimum absolute atomic E-state index is 0.173. The minimum atomic E-state index is -0.181. The molecule has 5 rings (SSSR count). The van der Waals surface area contributed by atoms with Gasteiger partial charge in [0, 0.05) is 32.5 Å². The zero-order chi connectivity index (χ0) is 22.8. The third-order valence-electron chi connectivity index (χ3n) is 5.79. The van der Waals surface area contributed by atoms with Crippen LogP contribution < -0.4 is 0 Å². The molecule has 0 unspecified atom stereocenters. The van der Waals surface area contributed by atoms with Gasteiger partial charge in [-0.15, -0.1) is 10.2 Å². The molecule has 166 valence electrons. The number of azo groups is 1. The van der Waals surface area contributed by atoms with Crippen molar-refractivity contribution in [2.24, 2.45) is 17.3 Å². The van der Waals surface area contributed by atoms with Crippen LogP contribution in [0.4, 0.5) is 11.5 Å². The van der Waals surface area contributed by atoms with E-state index >= 15 is 0 Å². The van der Waals surface area contributed by atoms with Gasteiger partial charge in [0.05, 0.1) is 11.9 Å². The summed E-state index contributed by atoms with van der Waals surface area (Å²) in [5.74, 6) is 0.514. The van der Waals surface area contributed by atoms with Crippen LogP contribution in [0.2, 0.25) is 0 Å². The molecule has 1 N–H and O–H groups in total. The summed E-state index contributed by atoms with van der Waals surface area (Å²) >= 11 is 0. The van der Waals surface area contributed by atoms with E-state index < -0.39 is 0 Å². The molecular formula is C24H23N7O2. The van der Waals surface area contributed by atoms with Crippen molar-refractivity contribution in [3.63, 3.8) is 0 Å². The summed E-state index contributed by atoms with van der Waals surface area (Å²) in [6, 6.07) is 10.9. The number of phenolic OH excluding ortho intramolecular Hbond substituents is 1. The van der Waals surface area contributed by atoms with Gasteiger partial charge in [0.15, 0.2) is 23.1 Å². The highest BCUT2D eigenvalue weighted by Crippen LogP contribution is 2.39. The van der Waals surface area contributed by atoms with Gasteiger partial charge >= 0.3 is 0 Å². The van der Waals surface area contributed by atoms with Gasteiger partial charge in [-0.1, -0.05) is 24.3 Å². The van der Waals surface area contributed by atoms with Gasteiger partial charge in [-0.05, 0) is 42.2 Å². The van der Waals surface area contributed by atoms with Crippen molar-refractivity contribution in [2.75, 3.05) is 13.1 Å². The minimum Gasteiger partial charge on any atom is -0.505 e. The average Bonchev–Trinajstić information content (AvgIpc) is 3.23. The third kappa shape index (κ3) is 3.93. The number of carbonyl (C=O) groups excluding carboxylic acids is 1. The summed E-state index contributed by atoms with van der Waals surface area (Å²) in [6.07, 6.45) is 7.91. The highest BCUT2D eigenvalue weighted by Gasteiger charge is 2.25. The van der Waals surface area contributed by atoms with Gasteiger partial charge in [-0.2, -0.15) is 0 Å². The van der Waals surface area contributed by atoms with E-state index in [4.69, 9.17) is 0 Å². The van der Waals surface area contributed by atoms with Crippen LogP contribution in [0.15, 0.2) is 65.3 Å². The second kappa shape index (κ2) is 8.78. The number of amides is 1. The van der Waals surface area contributed by atoms with Crippen LogP contribution in [-0.4, -0.2) is 48.5 Å². The molecule has 1 fully saturated rings. The highest BCUT2D eigenvalue weighted by atomic mass is 16.3. The van der Waals surface area contributed by atoms with Crippen LogP contribution in [-0.2, 0) is 7.05 Å². The Kier molecular flexibility index (Phi) is 5.52. The Balaban J connectivity index is 1.59. The summed E-state index contributed by atoms with van der Waals surface area (Å²) in [5, 5.41) is 21.3. The van der Waals surface area contributed by atoms with Crippen LogP contribution in [0.5, 0.6) is 5.75 Å². The first-order chi connectivity index (χ1) is 16.1. The summed E-state index contributed by atoms with van der Waals surface area (Å²) < 4.78 is 1.70. The Morgan fingerprint density at radius 1 is 1.00 bits per heavy atom. The number of nitrogens with zero attached hydrogens (tertiary/aromatic N) is 7. The van der Waals surface area contributed by atoms with E-state index in [1.807, 2.05) is 24.3 Å².